The van der Waals surface area contributed by atoms with Gasteiger partial charge >= 0.3 is 5.97 Å². The van der Waals surface area contributed by atoms with Gasteiger partial charge < -0.3 is 15.2 Å². The summed E-state index contributed by atoms with van der Waals surface area (Å²) in [5, 5.41) is 11.9. The van der Waals surface area contributed by atoms with Crippen molar-refractivity contribution in [1.29, 1.82) is 0 Å². The van der Waals surface area contributed by atoms with Crippen molar-refractivity contribution in [1.82, 2.24) is 0 Å². The molecule has 0 fully saturated rings. The van der Waals surface area contributed by atoms with Crippen LogP contribution in [0, 0.1) is 5.82 Å². The molecule has 0 saturated heterocycles. The maximum atomic E-state index is 12.9. The van der Waals surface area contributed by atoms with Crippen LogP contribution in [0.25, 0.3) is 0 Å². The fourth-order valence-corrected chi connectivity index (χ4v) is 1.85. The first-order valence-corrected chi connectivity index (χ1v) is 6.55. The van der Waals surface area contributed by atoms with Crippen LogP contribution in [0.4, 0.5) is 10.1 Å². The Labute approximate surface area is 130 Å². The van der Waals surface area contributed by atoms with Crippen molar-refractivity contribution in [3.63, 3.8) is 0 Å². The van der Waals surface area contributed by atoms with Gasteiger partial charge in [0.25, 0.3) is 5.91 Å². The van der Waals surface area contributed by atoms with Gasteiger partial charge in [0, 0.05) is 0 Å². The van der Waals surface area contributed by atoms with Gasteiger partial charge in [-0.1, -0.05) is 23.7 Å². The number of halogens is 2. The molecule has 0 radical (unpaired) electrons. The highest BCUT2D eigenvalue weighted by Crippen LogP contribution is 2.22. The number of carbonyl (C=O) groups is 2. The number of aromatic hydroxyl groups is 1. The number of hydrogen-bond acceptors (Lipinski definition) is 4. The second kappa shape index (κ2) is 6.91. The van der Waals surface area contributed by atoms with Crippen LogP contribution in [0.1, 0.15) is 10.4 Å². The molecule has 2 N–H and O–H groups in total. The minimum absolute atomic E-state index is 0.0281. The zero-order valence-corrected chi connectivity index (χ0v) is 11.9. The molecule has 0 heterocycles. The predicted octanol–water partition coefficient (Wildman–Crippen LogP) is 2.98. The van der Waals surface area contributed by atoms with Crippen LogP contribution >= 0.6 is 11.6 Å². The van der Waals surface area contributed by atoms with Crippen molar-refractivity contribution >= 4 is 29.2 Å². The first kappa shape index (κ1) is 15.8. The predicted molar refractivity (Wildman–Crippen MR) is 78.4 cm³/mol. The van der Waals surface area contributed by atoms with E-state index in [0.29, 0.717) is 0 Å². The normalized spacial score (nSPS) is 10.1. The zero-order chi connectivity index (χ0) is 16.1. The van der Waals surface area contributed by atoms with Gasteiger partial charge in [-0.25, -0.2) is 9.18 Å². The van der Waals surface area contributed by atoms with Gasteiger partial charge in [0.05, 0.1) is 10.7 Å². The molecule has 114 valence electrons. The number of rotatable bonds is 4. The third-order valence-electron chi connectivity index (χ3n) is 2.66. The topological polar surface area (TPSA) is 75.6 Å². The maximum absolute atomic E-state index is 12.9. The summed E-state index contributed by atoms with van der Waals surface area (Å²) in [6.07, 6.45) is 0. The average molecular weight is 324 g/mol. The van der Waals surface area contributed by atoms with Crippen molar-refractivity contribution in [2.24, 2.45) is 0 Å². The monoisotopic (exact) mass is 323 g/mol. The van der Waals surface area contributed by atoms with Crippen LogP contribution < -0.4 is 5.32 Å². The Kier molecular flexibility index (Phi) is 4.95. The summed E-state index contributed by atoms with van der Waals surface area (Å²) in [5.74, 6) is -2.25. The van der Waals surface area contributed by atoms with Crippen LogP contribution in [-0.4, -0.2) is 23.6 Å². The number of ether oxygens (including phenoxy) is 1. The molecule has 0 saturated carbocycles. The number of esters is 1. The number of hydrogen-bond donors (Lipinski definition) is 2. The molecule has 5 nitrogen and oxygen atoms in total. The number of amides is 1. The van der Waals surface area contributed by atoms with E-state index >= 15 is 0 Å². The largest absolute Gasteiger partial charge is 0.507 e. The highest BCUT2D eigenvalue weighted by atomic mass is 35.5. The maximum Gasteiger partial charge on any atom is 0.342 e. The van der Waals surface area contributed by atoms with E-state index in [-0.39, 0.29) is 22.0 Å². The van der Waals surface area contributed by atoms with Gasteiger partial charge in [-0.15, -0.1) is 0 Å². The van der Waals surface area contributed by atoms with Crippen molar-refractivity contribution in [2.45, 2.75) is 0 Å². The Morgan fingerprint density at radius 2 is 1.95 bits per heavy atom. The highest BCUT2D eigenvalue weighted by Gasteiger charge is 2.14. The summed E-state index contributed by atoms with van der Waals surface area (Å²) >= 11 is 5.76. The lowest BCUT2D eigenvalue weighted by atomic mass is 10.2. The number of para-hydroxylation sites is 1. The smallest absolute Gasteiger partial charge is 0.342 e. The van der Waals surface area contributed by atoms with Crippen LogP contribution in [-0.2, 0) is 9.53 Å². The first-order valence-electron chi connectivity index (χ1n) is 6.17. The molecule has 1 amide bonds. The number of anilines is 1. The standard InChI is InChI=1S/C15H11ClFNO4/c16-11-7-9(17)5-6-12(11)18-14(20)8-22-15(21)10-3-1-2-4-13(10)19/h1-7,19H,8H2,(H,18,20). The lowest BCUT2D eigenvalue weighted by molar-refractivity contribution is -0.119. The number of phenols is 1. The van der Waals surface area contributed by atoms with Gasteiger partial charge in [-0.2, -0.15) is 0 Å². The quantitative estimate of drug-likeness (QED) is 0.848. The first-order chi connectivity index (χ1) is 10.5. The van der Waals surface area contributed by atoms with Crippen molar-refractivity contribution < 1.29 is 23.8 Å². The van der Waals surface area contributed by atoms with E-state index in [1.54, 1.807) is 12.1 Å². The van der Waals surface area contributed by atoms with Crippen LogP contribution in [0.3, 0.4) is 0 Å². The number of carbonyl (C=O) groups excluding carboxylic acids is 2. The van der Waals surface area contributed by atoms with Gasteiger partial charge in [0.15, 0.2) is 6.61 Å². The lowest BCUT2D eigenvalue weighted by Gasteiger charge is -2.08. The Morgan fingerprint density at radius 1 is 1.23 bits per heavy atom. The highest BCUT2D eigenvalue weighted by molar-refractivity contribution is 6.33. The summed E-state index contributed by atoms with van der Waals surface area (Å²) < 4.78 is 17.7. The van der Waals surface area contributed by atoms with E-state index in [1.807, 2.05) is 0 Å². The van der Waals surface area contributed by atoms with Gasteiger partial charge in [-0.3, -0.25) is 4.79 Å². The third kappa shape index (κ3) is 3.95. The van der Waals surface area contributed by atoms with E-state index in [2.05, 4.69) is 5.32 Å². The van der Waals surface area contributed by atoms with E-state index in [1.165, 1.54) is 18.2 Å². The lowest BCUT2D eigenvalue weighted by Crippen LogP contribution is -2.21. The molecule has 7 heteroatoms. The van der Waals surface area contributed by atoms with E-state index in [0.717, 1.165) is 12.1 Å². The van der Waals surface area contributed by atoms with Gasteiger partial charge in [0.2, 0.25) is 0 Å². The Balaban J connectivity index is 1.93. The summed E-state index contributed by atoms with van der Waals surface area (Å²) in [7, 11) is 0. The van der Waals surface area contributed by atoms with E-state index in [9.17, 15) is 19.1 Å². The van der Waals surface area contributed by atoms with Crippen molar-refractivity contribution in [2.75, 3.05) is 11.9 Å². The second-order valence-corrected chi connectivity index (χ2v) is 4.67. The Hall–Kier alpha value is -2.60. The molecule has 0 spiro atoms. The number of benzene rings is 2. The van der Waals surface area contributed by atoms with Crippen molar-refractivity contribution in [3.8, 4) is 5.75 Å². The molecule has 0 atom stereocenters. The van der Waals surface area contributed by atoms with Crippen LogP contribution in [0.2, 0.25) is 5.02 Å². The molecule has 0 bridgehead atoms. The summed E-state index contributed by atoms with van der Waals surface area (Å²) in [6, 6.07) is 9.27. The molecule has 2 rings (SSSR count). The number of phenolic OH excluding ortho intramolecular Hbond substituents is 1. The molecular weight excluding hydrogens is 313 g/mol. The average Bonchev–Trinajstić information content (AvgIpc) is 2.48. The fraction of sp³-hybridized carbons (Fsp3) is 0.0667. The minimum atomic E-state index is -0.835. The van der Waals surface area contributed by atoms with Crippen LogP contribution in [0.5, 0.6) is 5.75 Å². The molecule has 0 aliphatic rings. The number of nitrogens with one attached hydrogen (secondary N) is 1. The molecular formula is C15H11ClFNO4. The minimum Gasteiger partial charge on any atom is -0.507 e. The van der Waals surface area contributed by atoms with Gasteiger partial charge in [0.1, 0.15) is 17.1 Å². The third-order valence-corrected chi connectivity index (χ3v) is 2.98. The molecule has 2 aromatic carbocycles. The molecule has 0 aromatic heterocycles. The second-order valence-electron chi connectivity index (χ2n) is 4.27. The van der Waals surface area contributed by atoms with Crippen LogP contribution in [0.15, 0.2) is 42.5 Å². The zero-order valence-electron chi connectivity index (χ0n) is 11.2. The van der Waals surface area contributed by atoms with Crippen molar-refractivity contribution in [3.05, 3.63) is 58.9 Å². The molecule has 0 aliphatic heterocycles. The fourth-order valence-electron chi connectivity index (χ4n) is 1.63. The Morgan fingerprint density at radius 3 is 2.64 bits per heavy atom. The molecule has 22 heavy (non-hydrogen) atoms. The SMILES string of the molecule is O=C(COC(=O)c1ccccc1O)Nc1ccc(F)cc1Cl. The Bertz CT molecular complexity index is 720. The molecule has 0 unspecified atom stereocenters. The van der Waals surface area contributed by atoms with Gasteiger partial charge in [-0.05, 0) is 30.3 Å². The summed E-state index contributed by atoms with van der Waals surface area (Å²) in [5.41, 5.74) is 0.154. The summed E-state index contributed by atoms with van der Waals surface area (Å²) in [4.78, 5) is 23.4. The van der Waals surface area contributed by atoms with E-state index < -0.39 is 24.3 Å². The molecule has 0 aliphatic carbocycles. The van der Waals surface area contributed by atoms with E-state index in [4.69, 9.17) is 16.3 Å². The summed E-state index contributed by atoms with van der Waals surface area (Å²) in [6.45, 7) is -0.569. The molecule has 2 aromatic rings.